The Balaban J connectivity index is 1.75. The van der Waals surface area contributed by atoms with E-state index in [1.165, 1.54) is 0 Å². The van der Waals surface area contributed by atoms with Gasteiger partial charge in [-0.25, -0.2) is 0 Å². The fraction of sp³-hybridized carbons (Fsp3) is 0.0476. The Kier molecular flexibility index (Phi) is 3.89. The number of H-pyrrole nitrogens is 1. The monoisotopic (exact) mass is 344 g/mol. The Morgan fingerprint density at radius 1 is 1.04 bits per heavy atom. The van der Waals surface area contributed by atoms with Gasteiger partial charge in [0.25, 0.3) is 0 Å². The molecule has 2 aromatic heterocycles. The highest BCUT2D eigenvalue weighted by molar-refractivity contribution is 5.88. The van der Waals surface area contributed by atoms with E-state index in [2.05, 4.69) is 9.97 Å². The molecule has 3 N–H and O–H groups in total. The van der Waals surface area contributed by atoms with Crippen LogP contribution in [0.1, 0.15) is 5.56 Å². The number of hydrogen-bond acceptors (Lipinski definition) is 3. The van der Waals surface area contributed by atoms with Gasteiger partial charge in [-0.05, 0) is 29.3 Å². The van der Waals surface area contributed by atoms with Gasteiger partial charge in [0.15, 0.2) is 0 Å². The van der Waals surface area contributed by atoms with Crippen LogP contribution in [-0.2, 0) is 11.2 Å². The molecule has 4 rings (SSSR count). The Labute approximate surface area is 149 Å². The zero-order chi connectivity index (χ0) is 18.1. The quantitative estimate of drug-likeness (QED) is 0.517. The fourth-order valence-corrected chi connectivity index (χ4v) is 3.09. The van der Waals surface area contributed by atoms with Crippen LogP contribution in [0, 0.1) is 0 Å². The van der Waals surface area contributed by atoms with E-state index in [9.17, 15) is 9.90 Å². The third-order valence-corrected chi connectivity index (χ3v) is 4.37. The van der Waals surface area contributed by atoms with Crippen molar-refractivity contribution in [3.05, 3.63) is 72.6 Å². The summed E-state index contributed by atoms with van der Waals surface area (Å²) in [6.45, 7) is 0. The van der Waals surface area contributed by atoms with Crippen molar-refractivity contribution in [1.29, 1.82) is 0 Å². The first-order chi connectivity index (χ1) is 12.6. The molecule has 0 bridgehead atoms. The first-order valence-electron chi connectivity index (χ1n) is 8.18. The number of aromatic amines is 1. The number of carbonyl (C=O) groups is 1. The predicted octanol–water partition coefficient (Wildman–Crippen LogP) is 4.23. The molecule has 2 heterocycles. The summed E-state index contributed by atoms with van der Waals surface area (Å²) in [5.41, 5.74) is 4.72. The van der Waals surface area contributed by atoms with Gasteiger partial charge in [0.2, 0.25) is 0 Å². The summed E-state index contributed by atoms with van der Waals surface area (Å²) in [6.07, 6.45) is 3.48. The van der Waals surface area contributed by atoms with Gasteiger partial charge in [-0.15, -0.1) is 0 Å². The molecule has 0 saturated heterocycles. The number of rotatable bonds is 4. The zero-order valence-electron chi connectivity index (χ0n) is 13.8. The summed E-state index contributed by atoms with van der Waals surface area (Å²) in [5, 5.41) is 20.7. The minimum absolute atomic E-state index is 0.0185. The van der Waals surface area contributed by atoms with Crippen LogP contribution in [0.4, 0.5) is 0 Å². The lowest BCUT2D eigenvalue weighted by Crippen LogP contribution is -1.99. The second-order valence-electron chi connectivity index (χ2n) is 6.12. The molecule has 0 aliphatic carbocycles. The molecule has 0 saturated carbocycles. The minimum Gasteiger partial charge on any atom is -0.507 e. The van der Waals surface area contributed by atoms with E-state index in [0.29, 0.717) is 11.1 Å². The molecular formula is C21H16N2O3. The molecule has 0 aliphatic heterocycles. The summed E-state index contributed by atoms with van der Waals surface area (Å²) in [4.78, 5) is 18.2. The number of aromatic nitrogens is 2. The number of fused-ring (bicyclic) bond motifs is 1. The zero-order valence-corrected chi connectivity index (χ0v) is 13.8. The van der Waals surface area contributed by atoms with Crippen molar-refractivity contribution in [2.75, 3.05) is 0 Å². The number of aliphatic carboxylic acids is 1. The maximum atomic E-state index is 10.8. The standard InChI is InChI=1S/C21H16N2O3/c24-20(25)10-13-4-6-14(7-5-13)16-2-1-3-17(21(16)26)19-11-15-12-22-9-8-18(15)23-19/h1-9,11-12,23,26H,10H2,(H,24,25). The maximum Gasteiger partial charge on any atom is 0.307 e. The number of nitrogens with zero attached hydrogens (tertiary/aromatic N) is 1. The van der Waals surface area contributed by atoms with Crippen molar-refractivity contribution >= 4 is 16.9 Å². The molecule has 0 amide bonds. The van der Waals surface area contributed by atoms with Gasteiger partial charge in [-0.2, -0.15) is 0 Å². The lowest BCUT2D eigenvalue weighted by molar-refractivity contribution is -0.136. The van der Waals surface area contributed by atoms with E-state index in [1.807, 2.05) is 42.5 Å². The van der Waals surface area contributed by atoms with E-state index < -0.39 is 5.97 Å². The molecule has 0 spiro atoms. The fourth-order valence-electron chi connectivity index (χ4n) is 3.09. The van der Waals surface area contributed by atoms with Gasteiger partial charge in [0.05, 0.1) is 12.1 Å². The normalized spacial score (nSPS) is 10.9. The second kappa shape index (κ2) is 6.37. The number of phenols is 1. The van der Waals surface area contributed by atoms with Crippen LogP contribution >= 0.6 is 0 Å². The summed E-state index contributed by atoms with van der Waals surface area (Å²) in [7, 11) is 0. The van der Waals surface area contributed by atoms with Gasteiger partial charge in [0, 0.05) is 34.4 Å². The van der Waals surface area contributed by atoms with Crippen molar-refractivity contribution < 1.29 is 15.0 Å². The van der Waals surface area contributed by atoms with E-state index in [4.69, 9.17) is 5.11 Å². The van der Waals surface area contributed by atoms with Crippen molar-refractivity contribution in [2.24, 2.45) is 0 Å². The summed E-state index contributed by atoms with van der Waals surface area (Å²) in [5.74, 6) is -0.686. The lowest BCUT2D eigenvalue weighted by Gasteiger charge is -2.10. The number of para-hydroxylation sites is 1. The number of carboxylic acids is 1. The molecule has 0 unspecified atom stereocenters. The second-order valence-corrected chi connectivity index (χ2v) is 6.12. The van der Waals surface area contributed by atoms with E-state index in [0.717, 1.165) is 27.7 Å². The first kappa shape index (κ1) is 15.9. The smallest absolute Gasteiger partial charge is 0.307 e. The number of hydrogen-bond donors (Lipinski definition) is 3. The Bertz CT molecular complexity index is 1060. The van der Waals surface area contributed by atoms with Crippen molar-refractivity contribution in [1.82, 2.24) is 9.97 Å². The average molecular weight is 344 g/mol. The minimum atomic E-state index is -0.865. The molecule has 2 aromatic carbocycles. The summed E-state index contributed by atoms with van der Waals surface area (Å²) in [6, 6.07) is 16.6. The molecular weight excluding hydrogens is 328 g/mol. The molecule has 26 heavy (non-hydrogen) atoms. The van der Waals surface area contributed by atoms with Crippen LogP contribution in [0.25, 0.3) is 33.3 Å². The van der Waals surface area contributed by atoms with Crippen LogP contribution in [0.2, 0.25) is 0 Å². The van der Waals surface area contributed by atoms with Crippen molar-refractivity contribution in [2.45, 2.75) is 6.42 Å². The number of carboxylic acid groups (broad SMARTS) is 1. The topological polar surface area (TPSA) is 86.2 Å². The molecule has 5 nitrogen and oxygen atoms in total. The average Bonchev–Trinajstić information content (AvgIpc) is 3.06. The highest BCUT2D eigenvalue weighted by Crippen LogP contribution is 2.38. The third kappa shape index (κ3) is 2.91. The summed E-state index contributed by atoms with van der Waals surface area (Å²) < 4.78 is 0. The van der Waals surface area contributed by atoms with Crippen LogP contribution in [0.15, 0.2) is 67.0 Å². The highest BCUT2D eigenvalue weighted by Gasteiger charge is 2.13. The van der Waals surface area contributed by atoms with E-state index in [-0.39, 0.29) is 12.2 Å². The van der Waals surface area contributed by atoms with Gasteiger partial charge in [-0.3, -0.25) is 9.78 Å². The van der Waals surface area contributed by atoms with E-state index >= 15 is 0 Å². The molecule has 0 atom stereocenters. The van der Waals surface area contributed by atoms with Gasteiger partial charge in [-0.1, -0.05) is 36.4 Å². The molecule has 4 aromatic rings. The van der Waals surface area contributed by atoms with Gasteiger partial charge < -0.3 is 15.2 Å². The number of pyridine rings is 1. The number of benzene rings is 2. The molecule has 0 radical (unpaired) electrons. The Morgan fingerprint density at radius 3 is 2.54 bits per heavy atom. The van der Waals surface area contributed by atoms with Crippen molar-refractivity contribution in [3.8, 4) is 28.1 Å². The number of aromatic hydroxyl groups is 1. The Morgan fingerprint density at radius 2 is 1.81 bits per heavy atom. The SMILES string of the molecule is O=C(O)Cc1ccc(-c2cccc(-c3cc4cnccc4[nH]3)c2O)cc1. The molecule has 0 aliphatic rings. The number of phenolic OH excluding ortho intramolecular Hbond substituents is 1. The molecule has 0 fully saturated rings. The van der Waals surface area contributed by atoms with Crippen molar-refractivity contribution in [3.63, 3.8) is 0 Å². The van der Waals surface area contributed by atoms with E-state index in [1.54, 1.807) is 24.5 Å². The summed E-state index contributed by atoms with van der Waals surface area (Å²) >= 11 is 0. The van der Waals surface area contributed by atoms with Crippen LogP contribution in [0.3, 0.4) is 0 Å². The van der Waals surface area contributed by atoms with Crippen LogP contribution in [-0.4, -0.2) is 26.2 Å². The molecule has 128 valence electrons. The largest absolute Gasteiger partial charge is 0.507 e. The van der Waals surface area contributed by atoms with Gasteiger partial charge >= 0.3 is 5.97 Å². The van der Waals surface area contributed by atoms with Crippen LogP contribution < -0.4 is 0 Å². The van der Waals surface area contributed by atoms with Crippen LogP contribution in [0.5, 0.6) is 5.75 Å². The lowest BCUT2D eigenvalue weighted by atomic mass is 9.98. The number of nitrogens with one attached hydrogen (secondary N) is 1. The maximum absolute atomic E-state index is 10.8. The molecule has 5 heteroatoms. The highest BCUT2D eigenvalue weighted by atomic mass is 16.4. The predicted molar refractivity (Wildman–Crippen MR) is 100.0 cm³/mol. The first-order valence-corrected chi connectivity index (χ1v) is 8.18. The Hall–Kier alpha value is -3.60. The third-order valence-electron chi connectivity index (χ3n) is 4.37. The van der Waals surface area contributed by atoms with Gasteiger partial charge in [0.1, 0.15) is 5.75 Å².